The fraction of sp³-hybridized carbons (Fsp3) is 0.688. The lowest BCUT2D eigenvalue weighted by molar-refractivity contribution is 0.110. The van der Waals surface area contributed by atoms with Gasteiger partial charge in [-0.15, -0.1) is 0 Å². The van der Waals surface area contributed by atoms with E-state index < -0.39 is 0 Å². The van der Waals surface area contributed by atoms with E-state index in [1.807, 2.05) is 13.0 Å². The summed E-state index contributed by atoms with van der Waals surface area (Å²) in [6.45, 7) is 11.9. The van der Waals surface area contributed by atoms with Crippen molar-refractivity contribution < 1.29 is 9.05 Å². The van der Waals surface area contributed by atoms with Crippen molar-refractivity contribution >= 4 is 0 Å². The zero-order valence-corrected chi connectivity index (χ0v) is 14.2. The molecule has 0 aliphatic carbocycles. The van der Waals surface area contributed by atoms with Crippen LogP contribution in [0.1, 0.15) is 37.0 Å². The van der Waals surface area contributed by atoms with Gasteiger partial charge in [0, 0.05) is 45.2 Å². The first-order valence-corrected chi connectivity index (χ1v) is 8.27. The largest absolute Gasteiger partial charge is 0.361 e. The minimum atomic E-state index is 0.546. The van der Waals surface area contributed by atoms with Gasteiger partial charge in [0.15, 0.2) is 5.82 Å². The molecule has 126 valence electrons. The molecule has 1 saturated heterocycles. The second-order valence-corrected chi connectivity index (χ2v) is 6.68. The molecule has 1 aliphatic rings. The highest BCUT2D eigenvalue weighted by Gasteiger charge is 2.20. The highest BCUT2D eigenvalue weighted by Crippen LogP contribution is 2.12. The van der Waals surface area contributed by atoms with Gasteiger partial charge >= 0.3 is 0 Å². The zero-order valence-electron chi connectivity index (χ0n) is 14.2. The molecule has 7 heteroatoms. The van der Waals surface area contributed by atoms with E-state index >= 15 is 0 Å². The van der Waals surface area contributed by atoms with E-state index in [0.717, 1.165) is 68.9 Å². The van der Waals surface area contributed by atoms with E-state index in [0.29, 0.717) is 5.92 Å². The number of aryl methyl sites for hydroxylation is 1. The number of aromatic nitrogens is 3. The van der Waals surface area contributed by atoms with Crippen LogP contribution in [0.15, 0.2) is 15.1 Å². The van der Waals surface area contributed by atoms with Gasteiger partial charge in [0.05, 0.1) is 12.2 Å². The Labute approximate surface area is 136 Å². The Bertz CT molecular complexity index is 614. The van der Waals surface area contributed by atoms with Crippen LogP contribution in [0.5, 0.6) is 0 Å². The number of hydrogen-bond donors (Lipinski definition) is 0. The van der Waals surface area contributed by atoms with Crippen LogP contribution < -0.4 is 0 Å². The SMILES string of the molecule is Cc1cc(CN2CCN(Cc3nc(CC(C)C)no3)CC2)no1. The minimum Gasteiger partial charge on any atom is -0.361 e. The van der Waals surface area contributed by atoms with E-state index in [1.54, 1.807) is 0 Å². The van der Waals surface area contributed by atoms with Gasteiger partial charge in [-0.3, -0.25) is 9.80 Å². The maximum atomic E-state index is 5.35. The van der Waals surface area contributed by atoms with E-state index in [1.165, 1.54) is 0 Å². The standard InChI is InChI=1S/C16H25N5O2/c1-12(2)8-15-17-16(23-19-15)11-21-6-4-20(5-7-21)10-14-9-13(3)22-18-14/h9,12H,4-8,10-11H2,1-3H3. The molecule has 2 aromatic heterocycles. The van der Waals surface area contributed by atoms with Crippen LogP contribution >= 0.6 is 0 Å². The molecule has 0 amide bonds. The highest BCUT2D eigenvalue weighted by molar-refractivity contribution is 5.03. The molecule has 1 fully saturated rings. The van der Waals surface area contributed by atoms with Gasteiger partial charge in [0.25, 0.3) is 0 Å². The third kappa shape index (κ3) is 4.62. The van der Waals surface area contributed by atoms with Crippen molar-refractivity contribution in [2.24, 2.45) is 5.92 Å². The predicted octanol–water partition coefficient (Wildman–Crippen LogP) is 1.88. The van der Waals surface area contributed by atoms with E-state index in [9.17, 15) is 0 Å². The van der Waals surface area contributed by atoms with Crippen LogP contribution in [0.25, 0.3) is 0 Å². The summed E-state index contributed by atoms with van der Waals surface area (Å²) in [7, 11) is 0. The smallest absolute Gasteiger partial charge is 0.240 e. The van der Waals surface area contributed by atoms with Gasteiger partial charge in [-0.05, 0) is 12.8 Å². The molecule has 0 atom stereocenters. The minimum absolute atomic E-state index is 0.546. The van der Waals surface area contributed by atoms with Crippen LogP contribution in [0.3, 0.4) is 0 Å². The molecule has 2 aromatic rings. The second kappa shape index (κ2) is 7.23. The molecule has 7 nitrogen and oxygen atoms in total. The van der Waals surface area contributed by atoms with E-state index in [-0.39, 0.29) is 0 Å². The predicted molar refractivity (Wildman–Crippen MR) is 84.6 cm³/mol. The lowest BCUT2D eigenvalue weighted by Crippen LogP contribution is -2.45. The average Bonchev–Trinajstić information content (AvgIpc) is 3.10. The zero-order chi connectivity index (χ0) is 16.2. The summed E-state index contributed by atoms with van der Waals surface area (Å²) < 4.78 is 10.5. The first kappa shape index (κ1) is 16.1. The van der Waals surface area contributed by atoms with Crippen molar-refractivity contribution in [1.29, 1.82) is 0 Å². The Morgan fingerprint density at radius 2 is 1.74 bits per heavy atom. The normalized spacial score (nSPS) is 17.2. The van der Waals surface area contributed by atoms with Crippen molar-refractivity contribution in [2.45, 2.75) is 40.3 Å². The maximum absolute atomic E-state index is 5.35. The maximum Gasteiger partial charge on any atom is 0.240 e. The molecule has 3 heterocycles. The van der Waals surface area contributed by atoms with Crippen molar-refractivity contribution in [3.8, 4) is 0 Å². The monoisotopic (exact) mass is 319 g/mol. The summed E-state index contributed by atoms with van der Waals surface area (Å²) >= 11 is 0. The van der Waals surface area contributed by atoms with Crippen LogP contribution in [-0.4, -0.2) is 51.3 Å². The van der Waals surface area contributed by atoms with Gasteiger partial charge < -0.3 is 9.05 Å². The summed E-state index contributed by atoms with van der Waals surface area (Å²) in [5, 5.41) is 8.11. The summed E-state index contributed by atoms with van der Waals surface area (Å²) in [4.78, 5) is 9.23. The average molecular weight is 319 g/mol. The fourth-order valence-corrected chi connectivity index (χ4v) is 2.82. The Hall–Kier alpha value is -1.73. The van der Waals surface area contributed by atoms with Gasteiger partial charge in [-0.1, -0.05) is 24.2 Å². The Morgan fingerprint density at radius 1 is 1.04 bits per heavy atom. The summed E-state index contributed by atoms with van der Waals surface area (Å²) in [6, 6.07) is 2.00. The number of piperazine rings is 1. The summed E-state index contributed by atoms with van der Waals surface area (Å²) in [5.74, 6) is 2.95. The highest BCUT2D eigenvalue weighted by atomic mass is 16.5. The van der Waals surface area contributed by atoms with Gasteiger partial charge in [-0.2, -0.15) is 4.98 Å². The Morgan fingerprint density at radius 3 is 2.35 bits per heavy atom. The molecule has 23 heavy (non-hydrogen) atoms. The molecule has 0 bridgehead atoms. The van der Waals surface area contributed by atoms with Crippen molar-refractivity contribution in [1.82, 2.24) is 25.1 Å². The van der Waals surface area contributed by atoms with Crippen LogP contribution in [0.2, 0.25) is 0 Å². The first-order valence-electron chi connectivity index (χ1n) is 8.27. The van der Waals surface area contributed by atoms with Crippen LogP contribution in [0, 0.1) is 12.8 Å². The van der Waals surface area contributed by atoms with E-state index in [4.69, 9.17) is 9.05 Å². The van der Waals surface area contributed by atoms with Crippen molar-refractivity contribution in [3.05, 3.63) is 29.2 Å². The number of rotatable bonds is 6. The molecule has 0 radical (unpaired) electrons. The Balaban J connectivity index is 1.44. The summed E-state index contributed by atoms with van der Waals surface area (Å²) in [5.41, 5.74) is 1.01. The molecule has 0 spiro atoms. The molecular formula is C16H25N5O2. The molecule has 0 unspecified atom stereocenters. The molecule has 0 aromatic carbocycles. The first-order chi connectivity index (χ1) is 11.1. The summed E-state index contributed by atoms with van der Waals surface area (Å²) in [6.07, 6.45) is 0.869. The fourth-order valence-electron chi connectivity index (χ4n) is 2.82. The Kier molecular flexibility index (Phi) is 5.07. The van der Waals surface area contributed by atoms with Crippen molar-refractivity contribution in [2.75, 3.05) is 26.2 Å². The van der Waals surface area contributed by atoms with Crippen molar-refractivity contribution in [3.63, 3.8) is 0 Å². The van der Waals surface area contributed by atoms with Gasteiger partial charge in [0.2, 0.25) is 5.89 Å². The number of hydrogen-bond acceptors (Lipinski definition) is 7. The van der Waals surface area contributed by atoms with E-state index in [2.05, 4.69) is 38.9 Å². The molecule has 0 saturated carbocycles. The lowest BCUT2D eigenvalue weighted by Gasteiger charge is -2.33. The van der Waals surface area contributed by atoms with Gasteiger partial charge in [0.1, 0.15) is 5.76 Å². The van der Waals surface area contributed by atoms with Gasteiger partial charge in [-0.25, -0.2) is 0 Å². The molecule has 3 rings (SSSR count). The lowest BCUT2D eigenvalue weighted by atomic mass is 10.1. The molecule has 1 aliphatic heterocycles. The van der Waals surface area contributed by atoms with Crippen LogP contribution in [-0.2, 0) is 19.5 Å². The molecular weight excluding hydrogens is 294 g/mol. The van der Waals surface area contributed by atoms with Crippen LogP contribution in [0.4, 0.5) is 0 Å². The number of nitrogens with zero attached hydrogens (tertiary/aromatic N) is 5. The quantitative estimate of drug-likeness (QED) is 0.805. The third-order valence-electron chi connectivity index (χ3n) is 3.99. The molecule has 0 N–H and O–H groups in total. The topological polar surface area (TPSA) is 71.4 Å². The second-order valence-electron chi connectivity index (χ2n) is 6.68. The third-order valence-corrected chi connectivity index (χ3v) is 3.99.